The lowest BCUT2D eigenvalue weighted by Crippen LogP contribution is -2.28. The summed E-state index contributed by atoms with van der Waals surface area (Å²) >= 11 is 5.91. The van der Waals surface area contributed by atoms with Gasteiger partial charge in [-0.3, -0.25) is 9.59 Å². The van der Waals surface area contributed by atoms with Crippen LogP contribution in [-0.2, 0) is 24.3 Å². The van der Waals surface area contributed by atoms with E-state index >= 15 is 0 Å². The van der Waals surface area contributed by atoms with Crippen LogP contribution in [-0.4, -0.2) is 33.4 Å². The van der Waals surface area contributed by atoms with Gasteiger partial charge in [0.2, 0.25) is 10.0 Å². The largest absolute Gasteiger partial charge is 0.456 e. The summed E-state index contributed by atoms with van der Waals surface area (Å²) in [5.74, 6) is -1.24. The number of esters is 1. The van der Waals surface area contributed by atoms with E-state index in [-0.39, 0.29) is 17.9 Å². The summed E-state index contributed by atoms with van der Waals surface area (Å²) in [7, 11) is -3.68. The Morgan fingerprint density at radius 1 is 1.00 bits per heavy atom. The molecule has 1 amide bonds. The summed E-state index contributed by atoms with van der Waals surface area (Å²) in [6.45, 7) is -0.627. The van der Waals surface area contributed by atoms with Crippen molar-refractivity contribution in [2.24, 2.45) is 0 Å². The average Bonchev–Trinajstić information content (AvgIpc) is 2.62. The number of carbonyl (C=O) groups is 2. The maximum Gasteiger partial charge on any atom is 0.307 e. The number of hydrogen-bond donors (Lipinski definition) is 2. The lowest BCUT2D eigenvalue weighted by atomic mass is 10.3. The zero-order valence-corrected chi connectivity index (χ0v) is 15.2. The number of hydrogen-bond acceptors (Lipinski definition) is 5. The Hall–Kier alpha value is -2.42. The first kappa shape index (κ1) is 19.9. The number of ether oxygens (including phenoxy) is 1. The third-order valence-electron chi connectivity index (χ3n) is 3.19. The Morgan fingerprint density at radius 3 is 2.35 bits per heavy atom. The molecule has 0 unspecified atom stereocenters. The highest BCUT2D eigenvalue weighted by atomic mass is 35.5. The molecule has 0 aliphatic heterocycles. The summed E-state index contributed by atoms with van der Waals surface area (Å²) in [6, 6.07) is 14.4. The molecule has 0 spiro atoms. The van der Waals surface area contributed by atoms with Gasteiger partial charge in [-0.05, 0) is 24.3 Å². The maximum absolute atomic E-state index is 12.0. The van der Waals surface area contributed by atoms with E-state index in [4.69, 9.17) is 16.3 Å². The van der Waals surface area contributed by atoms with Crippen LogP contribution in [0, 0.1) is 0 Å². The summed E-state index contributed by atoms with van der Waals surface area (Å²) in [5, 5.41) is 2.87. The monoisotopic (exact) mass is 396 g/mol. The Bertz CT molecular complexity index is 872. The summed E-state index contributed by atoms with van der Waals surface area (Å²) in [5.41, 5.74) is 0.408. The van der Waals surface area contributed by atoms with Gasteiger partial charge in [0.25, 0.3) is 5.91 Å². The van der Waals surface area contributed by atoms with E-state index in [0.717, 1.165) is 0 Å². The molecule has 0 heterocycles. The smallest absolute Gasteiger partial charge is 0.307 e. The van der Waals surface area contributed by atoms with Crippen LogP contribution in [0.15, 0.2) is 59.5 Å². The first-order chi connectivity index (χ1) is 12.4. The van der Waals surface area contributed by atoms with E-state index in [2.05, 4.69) is 10.0 Å². The second-order valence-corrected chi connectivity index (χ2v) is 7.32. The number of para-hydroxylation sites is 1. The number of carbonyl (C=O) groups excluding carboxylic acids is 2. The number of amides is 1. The highest BCUT2D eigenvalue weighted by Gasteiger charge is 2.14. The first-order valence-electron chi connectivity index (χ1n) is 7.63. The molecule has 2 aromatic rings. The predicted molar refractivity (Wildman–Crippen MR) is 97.3 cm³/mol. The lowest BCUT2D eigenvalue weighted by molar-refractivity contribution is -0.147. The minimum absolute atomic E-state index is 0.104. The van der Waals surface area contributed by atoms with E-state index in [1.807, 2.05) is 0 Å². The van der Waals surface area contributed by atoms with E-state index in [9.17, 15) is 18.0 Å². The predicted octanol–water partition coefficient (Wildman–Crippen LogP) is 2.19. The molecule has 26 heavy (non-hydrogen) atoms. The Morgan fingerprint density at radius 2 is 1.65 bits per heavy atom. The Kier molecular flexibility index (Phi) is 7.14. The van der Waals surface area contributed by atoms with Crippen molar-refractivity contribution in [3.05, 3.63) is 59.6 Å². The van der Waals surface area contributed by atoms with Crippen LogP contribution in [0.4, 0.5) is 5.69 Å². The van der Waals surface area contributed by atoms with E-state index in [0.29, 0.717) is 10.7 Å². The minimum Gasteiger partial charge on any atom is -0.456 e. The molecular weight excluding hydrogens is 380 g/mol. The first-order valence-corrected chi connectivity index (χ1v) is 9.49. The topological polar surface area (TPSA) is 102 Å². The second kappa shape index (κ2) is 9.33. The van der Waals surface area contributed by atoms with Gasteiger partial charge in [0.05, 0.1) is 22.0 Å². The molecule has 0 saturated heterocycles. The summed E-state index contributed by atoms with van der Waals surface area (Å²) < 4.78 is 31.1. The fraction of sp³-hybridized carbons (Fsp3) is 0.176. The van der Waals surface area contributed by atoms with Crippen molar-refractivity contribution in [1.82, 2.24) is 4.72 Å². The van der Waals surface area contributed by atoms with Gasteiger partial charge in [0, 0.05) is 6.54 Å². The summed E-state index contributed by atoms with van der Waals surface area (Å²) in [6.07, 6.45) is -0.203. The molecule has 7 nitrogen and oxygen atoms in total. The van der Waals surface area contributed by atoms with Gasteiger partial charge in [0.1, 0.15) is 0 Å². The SMILES string of the molecule is O=C(COC(=O)CCNS(=O)(=O)c1ccccc1)Nc1ccccc1Cl. The lowest BCUT2D eigenvalue weighted by Gasteiger charge is -2.08. The van der Waals surface area contributed by atoms with E-state index < -0.39 is 28.5 Å². The molecule has 2 N–H and O–H groups in total. The van der Waals surface area contributed by atoms with Gasteiger partial charge in [-0.2, -0.15) is 0 Å². The van der Waals surface area contributed by atoms with Crippen LogP contribution in [0.1, 0.15) is 6.42 Å². The highest BCUT2D eigenvalue weighted by molar-refractivity contribution is 7.89. The minimum atomic E-state index is -3.68. The van der Waals surface area contributed by atoms with E-state index in [1.165, 1.54) is 12.1 Å². The molecule has 2 rings (SSSR count). The summed E-state index contributed by atoms with van der Waals surface area (Å²) in [4.78, 5) is 23.5. The van der Waals surface area contributed by atoms with Gasteiger partial charge < -0.3 is 10.1 Å². The molecule has 9 heteroatoms. The van der Waals surface area contributed by atoms with Gasteiger partial charge in [-0.1, -0.05) is 41.9 Å². The molecule has 0 fully saturated rings. The molecular formula is C17H17ClN2O5S. The van der Waals surface area contributed by atoms with Crippen molar-refractivity contribution in [1.29, 1.82) is 0 Å². The van der Waals surface area contributed by atoms with Crippen LogP contribution in [0.3, 0.4) is 0 Å². The van der Waals surface area contributed by atoms with Crippen molar-refractivity contribution in [2.75, 3.05) is 18.5 Å². The molecule has 2 aromatic carbocycles. The van der Waals surface area contributed by atoms with Gasteiger partial charge >= 0.3 is 5.97 Å². The van der Waals surface area contributed by atoms with Crippen molar-refractivity contribution in [3.63, 3.8) is 0 Å². The van der Waals surface area contributed by atoms with Crippen LogP contribution in [0.25, 0.3) is 0 Å². The van der Waals surface area contributed by atoms with Crippen LogP contribution < -0.4 is 10.0 Å². The number of anilines is 1. The van der Waals surface area contributed by atoms with Gasteiger partial charge in [-0.15, -0.1) is 0 Å². The third kappa shape index (κ3) is 6.14. The molecule has 0 bridgehead atoms. The van der Waals surface area contributed by atoms with Crippen LogP contribution in [0.5, 0.6) is 0 Å². The molecule has 0 radical (unpaired) electrons. The molecule has 0 atom stereocenters. The number of nitrogens with one attached hydrogen (secondary N) is 2. The van der Waals surface area contributed by atoms with Crippen LogP contribution >= 0.6 is 11.6 Å². The normalized spacial score (nSPS) is 11.0. The molecule has 0 aliphatic carbocycles. The zero-order chi connectivity index (χ0) is 19.0. The van der Waals surface area contributed by atoms with E-state index in [1.54, 1.807) is 42.5 Å². The average molecular weight is 397 g/mol. The number of halogens is 1. The third-order valence-corrected chi connectivity index (χ3v) is 4.99. The molecule has 138 valence electrons. The van der Waals surface area contributed by atoms with Crippen molar-refractivity contribution < 1.29 is 22.7 Å². The Labute approximate surface area is 156 Å². The second-order valence-electron chi connectivity index (χ2n) is 5.15. The van der Waals surface area contributed by atoms with Gasteiger partial charge in [-0.25, -0.2) is 13.1 Å². The van der Waals surface area contributed by atoms with Crippen molar-refractivity contribution in [2.45, 2.75) is 11.3 Å². The fourth-order valence-corrected chi connectivity index (χ4v) is 3.17. The zero-order valence-electron chi connectivity index (χ0n) is 13.6. The fourth-order valence-electron chi connectivity index (χ4n) is 1.94. The number of rotatable bonds is 8. The Balaban J connectivity index is 1.72. The van der Waals surface area contributed by atoms with Gasteiger partial charge in [0.15, 0.2) is 6.61 Å². The molecule has 0 saturated carbocycles. The molecule has 0 aromatic heterocycles. The maximum atomic E-state index is 12.0. The highest BCUT2D eigenvalue weighted by Crippen LogP contribution is 2.20. The van der Waals surface area contributed by atoms with Crippen molar-refractivity contribution in [3.8, 4) is 0 Å². The van der Waals surface area contributed by atoms with Crippen LogP contribution in [0.2, 0.25) is 5.02 Å². The number of sulfonamides is 1. The van der Waals surface area contributed by atoms with Crippen molar-refractivity contribution >= 4 is 39.2 Å². The quantitative estimate of drug-likeness (QED) is 0.666. The molecule has 0 aliphatic rings. The standard InChI is InChI=1S/C17H17ClN2O5S/c18-14-8-4-5-9-15(14)20-16(21)12-25-17(22)10-11-19-26(23,24)13-6-2-1-3-7-13/h1-9,19H,10-12H2,(H,20,21). The number of benzene rings is 2.